The van der Waals surface area contributed by atoms with Gasteiger partial charge in [-0.3, -0.25) is 4.79 Å². The zero-order valence-corrected chi connectivity index (χ0v) is 13.7. The monoisotopic (exact) mass is 305 g/mol. The summed E-state index contributed by atoms with van der Waals surface area (Å²) in [7, 11) is 0. The predicted molar refractivity (Wildman–Crippen MR) is 85.6 cm³/mol. The van der Waals surface area contributed by atoms with Gasteiger partial charge in [0.1, 0.15) is 5.82 Å². The number of nitrogens with zero attached hydrogens (tertiary/aromatic N) is 3. The van der Waals surface area contributed by atoms with Crippen molar-refractivity contribution in [3.63, 3.8) is 0 Å². The molecule has 0 saturated carbocycles. The van der Waals surface area contributed by atoms with Crippen LogP contribution in [0.4, 0.5) is 0 Å². The minimum absolute atomic E-state index is 0.0911. The fourth-order valence-corrected chi connectivity index (χ4v) is 4.21. The highest BCUT2D eigenvalue weighted by Gasteiger charge is 2.44. The quantitative estimate of drug-likeness (QED) is 0.860. The second-order valence-corrected chi connectivity index (χ2v) is 7.40. The SMILES string of the molecule is CCSCC(=O)N1CCCC2(CCc3cnc(C)nc32)C1. The summed E-state index contributed by atoms with van der Waals surface area (Å²) >= 11 is 1.71. The molecule has 1 saturated heterocycles. The number of aryl methyl sites for hydroxylation is 2. The van der Waals surface area contributed by atoms with Crippen LogP contribution < -0.4 is 0 Å². The highest BCUT2D eigenvalue weighted by molar-refractivity contribution is 7.99. The first-order valence-electron chi connectivity index (χ1n) is 7.83. The maximum atomic E-state index is 12.3. The number of rotatable bonds is 3. The number of likely N-dealkylation sites (tertiary alicyclic amines) is 1. The Hall–Kier alpha value is -1.10. The predicted octanol–water partition coefficient (Wildman–Crippen LogP) is 2.34. The minimum atomic E-state index is 0.0911. The van der Waals surface area contributed by atoms with Gasteiger partial charge < -0.3 is 4.90 Å². The zero-order valence-electron chi connectivity index (χ0n) is 12.9. The molecule has 0 bridgehead atoms. The van der Waals surface area contributed by atoms with Gasteiger partial charge in [0, 0.05) is 24.7 Å². The Morgan fingerprint density at radius 3 is 3.14 bits per heavy atom. The summed E-state index contributed by atoms with van der Waals surface area (Å²) in [5.74, 6) is 2.75. The first-order valence-corrected chi connectivity index (χ1v) is 8.98. The van der Waals surface area contributed by atoms with Gasteiger partial charge in [-0.2, -0.15) is 11.8 Å². The molecule has 2 heterocycles. The Kier molecular flexibility index (Phi) is 4.20. The third-order valence-electron chi connectivity index (χ3n) is 4.72. The second-order valence-electron chi connectivity index (χ2n) is 6.13. The van der Waals surface area contributed by atoms with E-state index < -0.39 is 0 Å². The van der Waals surface area contributed by atoms with Gasteiger partial charge in [-0.15, -0.1) is 0 Å². The highest BCUT2D eigenvalue weighted by atomic mass is 32.2. The number of piperidine rings is 1. The molecule has 3 rings (SSSR count). The van der Waals surface area contributed by atoms with Gasteiger partial charge in [0.25, 0.3) is 0 Å². The average Bonchev–Trinajstić information content (AvgIpc) is 2.83. The molecule has 1 spiro atoms. The molecule has 4 nitrogen and oxygen atoms in total. The third-order valence-corrected chi connectivity index (χ3v) is 5.58. The van der Waals surface area contributed by atoms with Gasteiger partial charge in [-0.05, 0) is 43.9 Å². The van der Waals surface area contributed by atoms with Gasteiger partial charge in [0.05, 0.1) is 11.4 Å². The second kappa shape index (κ2) is 5.95. The zero-order chi connectivity index (χ0) is 14.9. The molecule has 2 aliphatic rings. The number of fused-ring (bicyclic) bond motifs is 2. The summed E-state index contributed by atoms with van der Waals surface area (Å²) in [4.78, 5) is 23.5. The first-order chi connectivity index (χ1) is 10.1. The van der Waals surface area contributed by atoms with Crippen molar-refractivity contribution in [1.29, 1.82) is 0 Å². The average molecular weight is 305 g/mol. The summed E-state index contributed by atoms with van der Waals surface area (Å²) in [6.07, 6.45) is 6.40. The number of amides is 1. The molecule has 1 aliphatic carbocycles. The number of aromatic nitrogens is 2. The molecular formula is C16H23N3OS. The van der Waals surface area contributed by atoms with Crippen molar-refractivity contribution >= 4 is 17.7 Å². The van der Waals surface area contributed by atoms with Gasteiger partial charge in [-0.1, -0.05) is 6.92 Å². The fraction of sp³-hybridized carbons (Fsp3) is 0.688. The molecule has 1 fully saturated rings. The smallest absolute Gasteiger partial charge is 0.232 e. The van der Waals surface area contributed by atoms with Crippen molar-refractivity contribution in [2.75, 3.05) is 24.6 Å². The lowest BCUT2D eigenvalue weighted by Gasteiger charge is -2.40. The summed E-state index contributed by atoms with van der Waals surface area (Å²) in [6.45, 7) is 5.81. The maximum absolute atomic E-state index is 12.3. The van der Waals surface area contributed by atoms with Crippen LogP contribution in [-0.4, -0.2) is 45.4 Å². The van der Waals surface area contributed by atoms with Crippen LogP contribution in [0.5, 0.6) is 0 Å². The van der Waals surface area contributed by atoms with Crippen molar-refractivity contribution in [2.24, 2.45) is 0 Å². The Morgan fingerprint density at radius 1 is 1.48 bits per heavy atom. The maximum Gasteiger partial charge on any atom is 0.232 e. The normalized spacial score (nSPS) is 24.4. The molecule has 1 aromatic rings. The molecule has 114 valence electrons. The number of carbonyl (C=O) groups excluding carboxylic acids is 1. The molecule has 1 aromatic heterocycles. The molecule has 1 aliphatic heterocycles. The number of carbonyl (C=O) groups is 1. The van der Waals surface area contributed by atoms with E-state index >= 15 is 0 Å². The fourth-order valence-electron chi connectivity index (χ4n) is 3.65. The van der Waals surface area contributed by atoms with Crippen LogP contribution >= 0.6 is 11.8 Å². The molecule has 0 radical (unpaired) electrons. The molecule has 1 unspecified atom stereocenters. The summed E-state index contributed by atoms with van der Waals surface area (Å²) in [5.41, 5.74) is 2.60. The molecule has 5 heteroatoms. The minimum Gasteiger partial charge on any atom is -0.341 e. The van der Waals surface area contributed by atoms with E-state index in [4.69, 9.17) is 4.98 Å². The number of hydrogen-bond donors (Lipinski definition) is 0. The van der Waals surface area contributed by atoms with Crippen molar-refractivity contribution in [1.82, 2.24) is 14.9 Å². The van der Waals surface area contributed by atoms with Gasteiger partial charge in [-0.25, -0.2) is 9.97 Å². The van der Waals surface area contributed by atoms with E-state index in [0.717, 1.165) is 50.4 Å². The van der Waals surface area contributed by atoms with E-state index in [1.165, 1.54) is 11.3 Å². The van der Waals surface area contributed by atoms with E-state index in [1.807, 2.05) is 13.1 Å². The molecular weight excluding hydrogens is 282 g/mol. The first kappa shape index (κ1) is 14.8. The lowest BCUT2D eigenvalue weighted by atomic mass is 9.77. The molecule has 0 N–H and O–H groups in total. The van der Waals surface area contributed by atoms with Crippen molar-refractivity contribution in [3.05, 3.63) is 23.3 Å². The Bertz CT molecular complexity index is 544. The molecule has 0 aromatic carbocycles. The van der Waals surface area contributed by atoms with Crippen molar-refractivity contribution in [2.45, 2.75) is 44.9 Å². The van der Waals surface area contributed by atoms with E-state index in [9.17, 15) is 4.79 Å². The lowest BCUT2D eigenvalue weighted by Crippen LogP contribution is -2.48. The molecule has 21 heavy (non-hydrogen) atoms. The van der Waals surface area contributed by atoms with E-state index in [1.54, 1.807) is 11.8 Å². The number of thioether (sulfide) groups is 1. The van der Waals surface area contributed by atoms with Crippen molar-refractivity contribution < 1.29 is 4.79 Å². The molecule has 1 amide bonds. The van der Waals surface area contributed by atoms with Crippen LogP contribution in [0.1, 0.15) is 43.3 Å². The van der Waals surface area contributed by atoms with Gasteiger partial charge in [0.2, 0.25) is 5.91 Å². The standard InChI is InChI=1S/C16H23N3OS/c1-3-21-10-14(20)19-8-4-6-16(11-19)7-5-13-9-17-12(2)18-15(13)16/h9H,3-8,10-11H2,1-2H3. The van der Waals surface area contributed by atoms with Crippen LogP contribution in [0.2, 0.25) is 0 Å². The Labute approximate surface area is 130 Å². The molecule has 1 atom stereocenters. The summed E-state index contributed by atoms with van der Waals surface area (Å²) in [5, 5.41) is 0. The lowest BCUT2D eigenvalue weighted by molar-refractivity contribution is -0.130. The van der Waals surface area contributed by atoms with Crippen LogP contribution in [-0.2, 0) is 16.6 Å². The number of hydrogen-bond acceptors (Lipinski definition) is 4. The van der Waals surface area contributed by atoms with Gasteiger partial charge in [0.15, 0.2) is 0 Å². The summed E-state index contributed by atoms with van der Waals surface area (Å²) < 4.78 is 0. The van der Waals surface area contributed by atoms with E-state index in [-0.39, 0.29) is 5.41 Å². The third kappa shape index (κ3) is 2.80. The summed E-state index contributed by atoms with van der Waals surface area (Å²) in [6, 6.07) is 0. The van der Waals surface area contributed by atoms with Crippen LogP contribution in [0.25, 0.3) is 0 Å². The Morgan fingerprint density at radius 2 is 2.33 bits per heavy atom. The van der Waals surface area contributed by atoms with E-state index in [0.29, 0.717) is 11.7 Å². The largest absolute Gasteiger partial charge is 0.341 e. The van der Waals surface area contributed by atoms with Crippen LogP contribution in [0.3, 0.4) is 0 Å². The van der Waals surface area contributed by atoms with Gasteiger partial charge >= 0.3 is 0 Å². The van der Waals surface area contributed by atoms with Crippen molar-refractivity contribution in [3.8, 4) is 0 Å². The van der Waals surface area contributed by atoms with E-state index in [2.05, 4.69) is 16.8 Å². The topological polar surface area (TPSA) is 46.1 Å². The highest BCUT2D eigenvalue weighted by Crippen LogP contribution is 2.43. The van der Waals surface area contributed by atoms with Crippen LogP contribution in [0, 0.1) is 6.92 Å². The van der Waals surface area contributed by atoms with Crippen LogP contribution in [0.15, 0.2) is 6.20 Å². The Balaban J connectivity index is 1.81.